The smallest absolute Gasteiger partial charge is 0.333 e. The molecule has 0 aliphatic carbocycles. The van der Waals surface area contributed by atoms with Crippen LogP contribution in [0.15, 0.2) is 72.8 Å². The Morgan fingerprint density at radius 3 is 0.973 bits per heavy atom. The van der Waals surface area contributed by atoms with Gasteiger partial charge >= 0.3 is 24.7 Å². The highest BCUT2D eigenvalue weighted by atomic mass is 19.4. The molecule has 0 saturated heterocycles. The lowest BCUT2D eigenvalue weighted by molar-refractivity contribution is -0.466. The number of hydrogen-bond donors (Lipinski definition) is 0. The number of hydrogen-bond acceptors (Lipinski definition) is 1. The monoisotopic (exact) mass is 550 g/mol. The average molecular weight is 550 g/mol. The van der Waals surface area contributed by atoms with Gasteiger partial charge in [-0.2, -0.15) is 52.7 Å². The molecule has 0 aliphatic rings. The summed E-state index contributed by atoms with van der Waals surface area (Å²) in [5.41, 5.74) is -11.6. The molecular weight excluding hydrogens is 532 g/mol. The zero-order chi connectivity index (χ0) is 28.2. The number of ether oxygens (including phenoxy) is 1. The lowest BCUT2D eigenvalue weighted by Gasteiger charge is -2.45. The van der Waals surface area contributed by atoms with Crippen LogP contribution in [0.4, 0.5) is 52.7 Å². The molecule has 0 aliphatic heterocycles. The summed E-state index contributed by atoms with van der Waals surface area (Å²) >= 11 is 0. The van der Waals surface area contributed by atoms with Gasteiger partial charge in [-0.05, 0) is 11.1 Å². The summed E-state index contributed by atoms with van der Waals surface area (Å²) in [6.45, 7) is 0. The van der Waals surface area contributed by atoms with E-state index in [1.165, 1.54) is 60.7 Å². The van der Waals surface area contributed by atoms with Gasteiger partial charge in [0.2, 0.25) is 0 Å². The lowest BCUT2D eigenvalue weighted by atomic mass is 9.91. The molecule has 0 spiro atoms. The van der Waals surface area contributed by atoms with Gasteiger partial charge in [-0.15, -0.1) is 0 Å². The first-order valence-electron chi connectivity index (χ1n) is 10.3. The van der Waals surface area contributed by atoms with Gasteiger partial charge in [-0.1, -0.05) is 85.0 Å². The van der Waals surface area contributed by atoms with Gasteiger partial charge in [-0.3, -0.25) is 0 Å². The maximum atomic E-state index is 13.9. The van der Waals surface area contributed by atoms with Crippen LogP contribution in [0, 0.1) is 0 Å². The molecule has 2 rings (SSSR count). The number of alkyl halides is 12. The summed E-state index contributed by atoms with van der Waals surface area (Å²) in [5, 5.41) is 0. The quantitative estimate of drug-likeness (QED) is 0.298. The van der Waals surface area contributed by atoms with Crippen molar-refractivity contribution in [2.24, 2.45) is 0 Å². The van der Waals surface area contributed by atoms with E-state index in [1.807, 2.05) is 0 Å². The third kappa shape index (κ3) is 6.68. The van der Waals surface area contributed by atoms with Crippen LogP contribution in [0.2, 0.25) is 0 Å². The van der Waals surface area contributed by atoms with E-state index in [0.717, 1.165) is 0 Å². The summed E-state index contributed by atoms with van der Waals surface area (Å²) in [6, 6.07) is 13.3. The molecule has 0 atom stereocenters. The zero-order valence-corrected chi connectivity index (χ0v) is 18.4. The minimum absolute atomic E-state index is 0.0458. The van der Waals surface area contributed by atoms with Crippen LogP contribution in [-0.2, 0) is 4.74 Å². The SMILES string of the molecule is FC(F)(F)C(C/C=C/c1ccccc1)(OC(C/C=C/c1ccccc1)(C(F)(F)F)C(F)(F)F)C(F)(F)F. The molecule has 0 amide bonds. The first-order valence-corrected chi connectivity index (χ1v) is 10.3. The summed E-state index contributed by atoms with van der Waals surface area (Å²) in [6.07, 6.45) is -30.0. The van der Waals surface area contributed by atoms with E-state index in [-0.39, 0.29) is 23.3 Å². The largest absolute Gasteiger partial charge is 0.426 e. The van der Waals surface area contributed by atoms with Crippen molar-refractivity contribution in [3.63, 3.8) is 0 Å². The molecule has 0 heterocycles. The normalized spacial score (nSPS) is 14.6. The number of halogens is 12. The number of rotatable bonds is 8. The molecule has 0 fully saturated rings. The van der Waals surface area contributed by atoms with Crippen molar-refractivity contribution in [2.45, 2.75) is 48.7 Å². The minimum Gasteiger partial charge on any atom is -0.333 e. The van der Waals surface area contributed by atoms with E-state index < -0.39 is 48.7 Å². The molecule has 2 aromatic carbocycles. The van der Waals surface area contributed by atoms with Crippen LogP contribution >= 0.6 is 0 Å². The van der Waals surface area contributed by atoms with Crippen molar-refractivity contribution in [1.29, 1.82) is 0 Å². The molecular formula is C24H18F12O. The van der Waals surface area contributed by atoms with Gasteiger partial charge in [-0.25, -0.2) is 0 Å². The Labute approximate surface area is 203 Å². The summed E-state index contributed by atoms with van der Waals surface area (Å²) < 4.78 is 170. The molecule has 1 nitrogen and oxygen atoms in total. The molecule has 204 valence electrons. The lowest BCUT2D eigenvalue weighted by Crippen LogP contribution is -2.69. The van der Waals surface area contributed by atoms with E-state index in [4.69, 9.17) is 0 Å². The molecule has 0 unspecified atom stereocenters. The zero-order valence-electron chi connectivity index (χ0n) is 18.4. The Balaban J connectivity index is 2.67. The first kappa shape index (κ1) is 30.3. The van der Waals surface area contributed by atoms with E-state index >= 15 is 0 Å². The Morgan fingerprint density at radius 1 is 0.459 bits per heavy atom. The average Bonchev–Trinajstić information content (AvgIpc) is 2.75. The van der Waals surface area contributed by atoms with E-state index in [1.54, 1.807) is 0 Å². The summed E-state index contributed by atoms with van der Waals surface area (Å²) in [5.74, 6) is 0. The molecule has 2 aromatic rings. The van der Waals surface area contributed by atoms with Gasteiger partial charge in [0.25, 0.3) is 11.2 Å². The summed E-state index contributed by atoms with van der Waals surface area (Å²) in [7, 11) is 0. The molecule has 0 bridgehead atoms. The fraction of sp³-hybridized carbons (Fsp3) is 0.333. The fourth-order valence-corrected chi connectivity index (χ4v) is 3.25. The highest BCUT2D eigenvalue weighted by Gasteiger charge is 2.81. The molecule has 13 heteroatoms. The molecule has 37 heavy (non-hydrogen) atoms. The van der Waals surface area contributed by atoms with Crippen LogP contribution in [0.25, 0.3) is 12.2 Å². The van der Waals surface area contributed by atoms with Crippen molar-refractivity contribution >= 4 is 12.2 Å². The van der Waals surface area contributed by atoms with Gasteiger partial charge in [0.15, 0.2) is 0 Å². The maximum absolute atomic E-state index is 13.9. The van der Waals surface area contributed by atoms with Crippen LogP contribution in [-0.4, -0.2) is 35.9 Å². The van der Waals surface area contributed by atoms with Gasteiger partial charge in [0, 0.05) is 12.8 Å². The predicted octanol–water partition coefficient (Wildman–Crippen LogP) is 8.94. The van der Waals surface area contributed by atoms with E-state index in [0.29, 0.717) is 12.2 Å². The standard InChI is InChI=1S/C24H18F12O/c25-21(26,27)19(22(28,29)30,15-7-13-17-9-3-1-4-10-17)37-20(23(31,32)33,24(34,35)36)16-8-14-18-11-5-2-6-12-18/h1-14H,15-16H2/b13-7+,14-8+. The Hall–Kier alpha value is -2.96. The predicted molar refractivity (Wildman–Crippen MR) is 111 cm³/mol. The Morgan fingerprint density at radius 2 is 0.730 bits per heavy atom. The second-order valence-corrected chi connectivity index (χ2v) is 7.78. The van der Waals surface area contributed by atoms with Crippen molar-refractivity contribution < 1.29 is 57.4 Å². The Kier molecular flexibility index (Phi) is 8.83. The highest BCUT2D eigenvalue weighted by Crippen LogP contribution is 2.57. The second kappa shape index (κ2) is 10.8. The minimum atomic E-state index is -6.73. The van der Waals surface area contributed by atoms with Crippen molar-refractivity contribution in [1.82, 2.24) is 0 Å². The van der Waals surface area contributed by atoms with Crippen LogP contribution in [0.3, 0.4) is 0 Å². The van der Waals surface area contributed by atoms with Crippen LogP contribution < -0.4 is 0 Å². The van der Waals surface area contributed by atoms with E-state index in [9.17, 15) is 52.7 Å². The third-order valence-electron chi connectivity index (χ3n) is 5.21. The molecule has 0 aromatic heterocycles. The molecule has 0 N–H and O–H groups in total. The van der Waals surface area contributed by atoms with Gasteiger partial charge in [0.05, 0.1) is 0 Å². The second-order valence-electron chi connectivity index (χ2n) is 7.78. The van der Waals surface area contributed by atoms with Gasteiger partial charge in [0.1, 0.15) is 0 Å². The van der Waals surface area contributed by atoms with Crippen LogP contribution in [0.5, 0.6) is 0 Å². The Bertz CT molecular complexity index is 932. The van der Waals surface area contributed by atoms with Crippen LogP contribution in [0.1, 0.15) is 24.0 Å². The first-order chi connectivity index (χ1) is 16.9. The van der Waals surface area contributed by atoms with Gasteiger partial charge < -0.3 is 4.74 Å². The number of benzene rings is 2. The molecule has 0 saturated carbocycles. The maximum Gasteiger partial charge on any atom is 0.426 e. The topological polar surface area (TPSA) is 9.23 Å². The highest BCUT2D eigenvalue weighted by molar-refractivity contribution is 5.49. The van der Waals surface area contributed by atoms with Crippen molar-refractivity contribution in [3.05, 3.63) is 83.9 Å². The fourth-order valence-electron chi connectivity index (χ4n) is 3.25. The van der Waals surface area contributed by atoms with Crippen molar-refractivity contribution in [2.75, 3.05) is 0 Å². The van der Waals surface area contributed by atoms with Crippen molar-refractivity contribution in [3.8, 4) is 0 Å². The van der Waals surface area contributed by atoms with E-state index in [2.05, 4.69) is 4.74 Å². The molecule has 0 radical (unpaired) electrons. The third-order valence-corrected chi connectivity index (χ3v) is 5.21. The summed E-state index contributed by atoms with van der Waals surface area (Å²) in [4.78, 5) is 0.